The number of carbonyl (C=O) groups excluding carboxylic acids is 1. The van der Waals surface area contributed by atoms with Gasteiger partial charge in [0.05, 0.1) is 12.7 Å². The van der Waals surface area contributed by atoms with Gasteiger partial charge in [0.15, 0.2) is 0 Å². The molecule has 72 valence electrons. The standard InChI is InChI=1S/C9H18O3/c1-3-5-8(10)6-7-9(11)12-4-2/h8,10H,3-7H2,1-2H3/t8-/m1/s1. The minimum atomic E-state index is -0.348. The molecule has 0 aromatic rings. The van der Waals surface area contributed by atoms with Crippen molar-refractivity contribution in [1.82, 2.24) is 0 Å². The summed E-state index contributed by atoms with van der Waals surface area (Å²) in [7, 11) is 0. The number of hydrogen-bond donors (Lipinski definition) is 1. The van der Waals surface area contributed by atoms with E-state index in [1.54, 1.807) is 6.92 Å². The van der Waals surface area contributed by atoms with E-state index in [-0.39, 0.29) is 12.1 Å². The summed E-state index contributed by atoms with van der Waals surface area (Å²) in [5, 5.41) is 9.26. The molecule has 0 saturated heterocycles. The molecule has 0 saturated carbocycles. The van der Waals surface area contributed by atoms with Gasteiger partial charge in [-0.2, -0.15) is 0 Å². The first-order valence-electron chi connectivity index (χ1n) is 4.54. The number of esters is 1. The lowest BCUT2D eigenvalue weighted by Crippen LogP contribution is -2.11. The molecule has 0 amide bonds. The molecular formula is C9H18O3. The third-order valence-electron chi connectivity index (χ3n) is 1.61. The lowest BCUT2D eigenvalue weighted by atomic mass is 10.1. The zero-order valence-corrected chi connectivity index (χ0v) is 7.88. The minimum absolute atomic E-state index is 0.215. The van der Waals surface area contributed by atoms with Crippen LogP contribution in [0.25, 0.3) is 0 Å². The van der Waals surface area contributed by atoms with Gasteiger partial charge in [-0.05, 0) is 19.8 Å². The molecule has 1 atom stereocenters. The zero-order valence-electron chi connectivity index (χ0n) is 7.88. The summed E-state index contributed by atoms with van der Waals surface area (Å²) < 4.78 is 4.72. The van der Waals surface area contributed by atoms with Crippen LogP contribution in [0.1, 0.15) is 39.5 Å². The Balaban J connectivity index is 3.33. The smallest absolute Gasteiger partial charge is 0.305 e. The van der Waals surface area contributed by atoms with Gasteiger partial charge < -0.3 is 9.84 Å². The van der Waals surface area contributed by atoms with Crippen molar-refractivity contribution >= 4 is 5.97 Å². The van der Waals surface area contributed by atoms with Crippen LogP contribution in [0, 0.1) is 0 Å². The van der Waals surface area contributed by atoms with Crippen molar-refractivity contribution in [1.29, 1.82) is 0 Å². The Kier molecular flexibility index (Phi) is 6.76. The van der Waals surface area contributed by atoms with Crippen molar-refractivity contribution in [2.24, 2.45) is 0 Å². The van der Waals surface area contributed by atoms with Gasteiger partial charge in [0.2, 0.25) is 0 Å². The molecule has 0 heterocycles. The molecule has 0 aromatic carbocycles. The van der Waals surface area contributed by atoms with E-state index in [2.05, 4.69) is 0 Å². The second-order valence-corrected chi connectivity index (χ2v) is 2.79. The highest BCUT2D eigenvalue weighted by atomic mass is 16.5. The molecular weight excluding hydrogens is 156 g/mol. The summed E-state index contributed by atoms with van der Waals surface area (Å²) in [6.45, 7) is 4.21. The third kappa shape index (κ3) is 6.16. The highest BCUT2D eigenvalue weighted by Gasteiger charge is 2.07. The van der Waals surface area contributed by atoms with E-state index >= 15 is 0 Å². The van der Waals surface area contributed by atoms with Crippen molar-refractivity contribution in [2.75, 3.05) is 6.61 Å². The molecule has 3 nitrogen and oxygen atoms in total. The van der Waals surface area contributed by atoms with Gasteiger partial charge >= 0.3 is 5.97 Å². The molecule has 1 N–H and O–H groups in total. The summed E-state index contributed by atoms with van der Waals surface area (Å²) in [4.78, 5) is 10.8. The first-order valence-corrected chi connectivity index (χ1v) is 4.54. The fourth-order valence-corrected chi connectivity index (χ4v) is 0.995. The van der Waals surface area contributed by atoms with Crippen LogP contribution in [-0.4, -0.2) is 23.8 Å². The summed E-state index contributed by atoms with van der Waals surface area (Å²) in [6.07, 6.45) is 2.21. The molecule has 0 unspecified atom stereocenters. The Hall–Kier alpha value is -0.570. The number of rotatable bonds is 6. The van der Waals surface area contributed by atoms with Gasteiger partial charge in [-0.3, -0.25) is 4.79 Å². The monoisotopic (exact) mass is 174 g/mol. The van der Waals surface area contributed by atoms with Crippen molar-refractivity contribution in [2.45, 2.75) is 45.6 Å². The number of carbonyl (C=O) groups is 1. The first kappa shape index (κ1) is 11.4. The van der Waals surface area contributed by atoms with Gasteiger partial charge in [0.25, 0.3) is 0 Å². The normalized spacial score (nSPS) is 12.6. The van der Waals surface area contributed by atoms with Gasteiger partial charge in [-0.1, -0.05) is 13.3 Å². The van der Waals surface area contributed by atoms with Crippen LogP contribution in [0.4, 0.5) is 0 Å². The van der Waals surface area contributed by atoms with Crippen LogP contribution in [0.15, 0.2) is 0 Å². The quantitative estimate of drug-likeness (QED) is 0.620. The van der Waals surface area contributed by atoms with Crippen LogP contribution in [-0.2, 0) is 9.53 Å². The van der Waals surface area contributed by atoms with E-state index in [1.165, 1.54) is 0 Å². The molecule has 0 radical (unpaired) electrons. The number of hydrogen-bond acceptors (Lipinski definition) is 3. The third-order valence-corrected chi connectivity index (χ3v) is 1.61. The molecule has 0 aromatic heterocycles. The fourth-order valence-electron chi connectivity index (χ4n) is 0.995. The molecule has 0 spiro atoms. The van der Waals surface area contributed by atoms with Crippen molar-refractivity contribution < 1.29 is 14.6 Å². The van der Waals surface area contributed by atoms with Gasteiger partial charge in [-0.15, -0.1) is 0 Å². The Morgan fingerprint density at radius 2 is 2.08 bits per heavy atom. The molecule has 0 aliphatic carbocycles. The Morgan fingerprint density at radius 1 is 1.42 bits per heavy atom. The topological polar surface area (TPSA) is 46.5 Å². The van der Waals surface area contributed by atoms with E-state index in [0.717, 1.165) is 12.8 Å². The minimum Gasteiger partial charge on any atom is -0.466 e. The zero-order chi connectivity index (χ0) is 9.40. The highest BCUT2D eigenvalue weighted by molar-refractivity contribution is 5.69. The average molecular weight is 174 g/mol. The van der Waals surface area contributed by atoms with Crippen molar-refractivity contribution in [3.63, 3.8) is 0 Å². The van der Waals surface area contributed by atoms with Crippen LogP contribution in [0.5, 0.6) is 0 Å². The number of aliphatic hydroxyl groups is 1. The van der Waals surface area contributed by atoms with E-state index in [1.807, 2.05) is 6.92 Å². The van der Waals surface area contributed by atoms with Crippen LogP contribution >= 0.6 is 0 Å². The summed E-state index contributed by atoms with van der Waals surface area (Å²) in [5.41, 5.74) is 0. The van der Waals surface area contributed by atoms with E-state index in [9.17, 15) is 9.90 Å². The second kappa shape index (κ2) is 7.10. The van der Waals surface area contributed by atoms with Gasteiger partial charge in [-0.25, -0.2) is 0 Å². The average Bonchev–Trinajstić information content (AvgIpc) is 2.02. The molecule has 0 bridgehead atoms. The van der Waals surface area contributed by atoms with Gasteiger partial charge in [0.1, 0.15) is 0 Å². The number of ether oxygens (including phenoxy) is 1. The second-order valence-electron chi connectivity index (χ2n) is 2.79. The van der Waals surface area contributed by atoms with Crippen molar-refractivity contribution in [3.8, 4) is 0 Å². The first-order chi connectivity index (χ1) is 5.70. The summed E-state index contributed by atoms with van der Waals surface area (Å²) in [5.74, 6) is -0.215. The van der Waals surface area contributed by atoms with E-state index in [4.69, 9.17) is 4.74 Å². The molecule has 12 heavy (non-hydrogen) atoms. The lowest BCUT2D eigenvalue weighted by molar-refractivity contribution is -0.143. The Bertz CT molecular complexity index is 123. The Labute approximate surface area is 73.7 Å². The maximum Gasteiger partial charge on any atom is 0.305 e. The largest absolute Gasteiger partial charge is 0.466 e. The molecule has 0 fully saturated rings. The highest BCUT2D eigenvalue weighted by Crippen LogP contribution is 2.04. The lowest BCUT2D eigenvalue weighted by Gasteiger charge is -2.07. The summed E-state index contributed by atoms with van der Waals surface area (Å²) in [6, 6.07) is 0. The van der Waals surface area contributed by atoms with Crippen LogP contribution in [0.2, 0.25) is 0 Å². The van der Waals surface area contributed by atoms with Gasteiger partial charge in [0, 0.05) is 6.42 Å². The maximum absolute atomic E-state index is 10.8. The molecule has 0 aliphatic rings. The summed E-state index contributed by atoms with van der Waals surface area (Å²) >= 11 is 0. The molecule has 3 heteroatoms. The molecule has 0 aliphatic heterocycles. The maximum atomic E-state index is 10.8. The van der Waals surface area contributed by atoms with E-state index in [0.29, 0.717) is 19.4 Å². The fraction of sp³-hybridized carbons (Fsp3) is 0.889. The van der Waals surface area contributed by atoms with Crippen molar-refractivity contribution in [3.05, 3.63) is 0 Å². The van der Waals surface area contributed by atoms with E-state index < -0.39 is 0 Å². The predicted octanol–water partition coefficient (Wildman–Crippen LogP) is 1.49. The van der Waals surface area contributed by atoms with Crippen LogP contribution in [0.3, 0.4) is 0 Å². The SMILES string of the molecule is CCC[C@@H](O)CCC(=O)OCC. The molecule has 0 rings (SSSR count). The Morgan fingerprint density at radius 3 is 2.58 bits per heavy atom. The number of aliphatic hydroxyl groups excluding tert-OH is 1. The van der Waals surface area contributed by atoms with Crippen LogP contribution < -0.4 is 0 Å². The predicted molar refractivity (Wildman–Crippen MR) is 46.8 cm³/mol.